The Morgan fingerprint density at radius 3 is 2.76 bits per heavy atom. The van der Waals surface area contributed by atoms with Crippen molar-refractivity contribution in [2.24, 2.45) is 0 Å². The number of aromatic nitrogens is 1. The Labute approximate surface area is 105 Å². The largest absolute Gasteiger partial charge is 0.444 e. The highest BCUT2D eigenvalue weighted by Gasteiger charge is 2.19. The van der Waals surface area contributed by atoms with Gasteiger partial charge in [-0.3, -0.25) is 0 Å². The van der Waals surface area contributed by atoms with Gasteiger partial charge in [-0.1, -0.05) is 0 Å². The molecule has 2 N–H and O–H groups in total. The molecule has 0 aliphatic heterocycles. The first-order chi connectivity index (χ1) is 7.81. The van der Waals surface area contributed by atoms with Crippen LogP contribution in [-0.4, -0.2) is 21.8 Å². The zero-order chi connectivity index (χ0) is 13.1. The molecule has 0 saturated heterocycles. The molecule has 0 fully saturated rings. The molecule has 0 aliphatic carbocycles. The van der Waals surface area contributed by atoms with Crippen molar-refractivity contribution >= 4 is 17.4 Å². The molecule has 0 aromatic carbocycles. The Morgan fingerprint density at radius 1 is 1.65 bits per heavy atom. The quantitative estimate of drug-likeness (QED) is 0.872. The fourth-order valence-corrected chi connectivity index (χ4v) is 1.90. The molecule has 17 heavy (non-hydrogen) atoms. The van der Waals surface area contributed by atoms with Gasteiger partial charge in [-0.05, 0) is 27.7 Å². The third kappa shape index (κ3) is 4.70. The lowest BCUT2D eigenvalue weighted by Crippen LogP contribution is -2.34. The molecule has 96 valence electrons. The number of hydrogen-bond donors (Lipinski definition) is 2. The molecule has 1 unspecified atom stereocenters. The number of aliphatic hydroxyl groups is 1. The third-order valence-electron chi connectivity index (χ3n) is 1.88. The minimum atomic E-state index is -0.512. The highest BCUT2D eigenvalue weighted by atomic mass is 32.1. The van der Waals surface area contributed by atoms with Crippen LogP contribution in [0.5, 0.6) is 0 Å². The number of rotatable bonds is 3. The number of hydrogen-bond acceptors (Lipinski definition) is 5. The summed E-state index contributed by atoms with van der Waals surface area (Å²) < 4.78 is 5.14. The summed E-state index contributed by atoms with van der Waals surface area (Å²) in [6.45, 7) is 7.17. The number of nitrogens with zero attached hydrogens (tertiary/aromatic N) is 1. The highest BCUT2D eigenvalue weighted by molar-refractivity contribution is 7.09. The lowest BCUT2D eigenvalue weighted by atomic mass is 10.2. The average Bonchev–Trinajstić information content (AvgIpc) is 2.62. The van der Waals surface area contributed by atoms with E-state index in [0.29, 0.717) is 5.01 Å². The van der Waals surface area contributed by atoms with Crippen molar-refractivity contribution in [2.45, 2.75) is 45.9 Å². The van der Waals surface area contributed by atoms with Crippen LogP contribution in [0.1, 0.15) is 44.4 Å². The van der Waals surface area contributed by atoms with E-state index in [1.54, 1.807) is 0 Å². The van der Waals surface area contributed by atoms with Gasteiger partial charge in [-0.15, -0.1) is 11.3 Å². The van der Waals surface area contributed by atoms with Gasteiger partial charge in [-0.25, -0.2) is 9.78 Å². The van der Waals surface area contributed by atoms with E-state index in [0.717, 1.165) is 5.69 Å². The minimum absolute atomic E-state index is 0.0795. The van der Waals surface area contributed by atoms with Crippen molar-refractivity contribution in [1.29, 1.82) is 0 Å². The Balaban J connectivity index is 2.54. The Morgan fingerprint density at radius 2 is 2.29 bits per heavy atom. The van der Waals surface area contributed by atoms with Gasteiger partial charge in [0.1, 0.15) is 10.6 Å². The van der Waals surface area contributed by atoms with E-state index in [9.17, 15) is 4.79 Å². The average molecular weight is 258 g/mol. The number of thiazole rings is 1. The zero-order valence-corrected chi connectivity index (χ0v) is 11.3. The predicted molar refractivity (Wildman–Crippen MR) is 65.8 cm³/mol. The smallest absolute Gasteiger partial charge is 0.408 e. The number of nitrogens with one attached hydrogen (secondary N) is 1. The summed E-state index contributed by atoms with van der Waals surface area (Å²) in [7, 11) is 0. The molecule has 0 spiro atoms. The number of amides is 1. The Hall–Kier alpha value is -1.14. The fraction of sp³-hybridized carbons (Fsp3) is 0.636. The standard InChI is InChI=1S/C11H18N2O3S/c1-7(8-6-17-9(5-14)13-8)12-10(15)16-11(2,3)4/h6-7,14H,5H2,1-4H3,(H,12,15). The molecule has 6 heteroatoms. The van der Waals surface area contributed by atoms with E-state index in [2.05, 4.69) is 10.3 Å². The maximum Gasteiger partial charge on any atom is 0.408 e. The van der Waals surface area contributed by atoms with E-state index in [1.165, 1.54) is 11.3 Å². The molecule has 1 heterocycles. The lowest BCUT2D eigenvalue weighted by Gasteiger charge is -2.21. The summed E-state index contributed by atoms with van der Waals surface area (Å²) >= 11 is 1.36. The van der Waals surface area contributed by atoms with Crippen LogP contribution in [0.3, 0.4) is 0 Å². The van der Waals surface area contributed by atoms with Crippen LogP contribution in [0, 0.1) is 0 Å². The topological polar surface area (TPSA) is 71.5 Å². The normalized spacial score (nSPS) is 13.2. The fourth-order valence-electron chi connectivity index (χ4n) is 1.15. The number of carbonyl (C=O) groups is 1. The van der Waals surface area contributed by atoms with Crippen LogP contribution < -0.4 is 5.32 Å². The summed E-state index contributed by atoms with van der Waals surface area (Å²) in [4.78, 5) is 15.7. The van der Waals surface area contributed by atoms with E-state index in [-0.39, 0.29) is 12.6 Å². The van der Waals surface area contributed by atoms with Crippen molar-refractivity contribution in [1.82, 2.24) is 10.3 Å². The maximum atomic E-state index is 11.5. The molecule has 1 aromatic heterocycles. The monoisotopic (exact) mass is 258 g/mol. The Bertz CT molecular complexity index is 384. The van der Waals surface area contributed by atoms with E-state index in [1.807, 2.05) is 33.1 Å². The SMILES string of the molecule is CC(NC(=O)OC(C)(C)C)c1csc(CO)n1. The van der Waals surface area contributed by atoms with Crippen LogP contribution in [0.2, 0.25) is 0 Å². The van der Waals surface area contributed by atoms with Gasteiger partial charge in [-0.2, -0.15) is 0 Å². The van der Waals surface area contributed by atoms with E-state index in [4.69, 9.17) is 9.84 Å². The highest BCUT2D eigenvalue weighted by Crippen LogP contribution is 2.17. The minimum Gasteiger partial charge on any atom is -0.444 e. The lowest BCUT2D eigenvalue weighted by molar-refractivity contribution is 0.0507. The van der Waals surface area contributed by atoms with Crippen molar-refractivity contribution < 1.29 is 14.6 Å². The van der Waals surface area contributed by atoms with Gasteiger partial charge < -0.3 is 15.2 Å². The summed E-state index contributed by atoms with van der Waals surface area (Å²) in [5, 5.41) is 14.0. The van der Waals surface area contributed by atoms with Crippen LogP contribution in [-0.2, 0) is 11.3 Å². The van der Waals surface area contributed by atoms with Crippen molar-refractivity contribution in [3.63, 3.8) is 0 Å². The van der Waals surface area contributed by atoms with Gasteiger partial charge in [0.15, 0.2) is 0 Å². The molecule has 1 aromatic rings. The molecule has 1 amide bonds. The van der Waals surface area contributed by atoms with Gasteiger partial charge in [0.2, 0.25) is 0 Å². The van der Waals surface area contributed by atoms with E-state index >= 15 is 0 Å². The van der Waals surface area contributed by atoms with Crippen LogP contribution in [0.4, 0.5) is 4.79 Å². The second-order valence-corrected chi connectivity index (χ2v) is 5.63. The maximum absolute atomic E-state index is 11.5. The van der Waals surface area contributed by atoms with Crippen molar-refractivity contribution in [3.8, 4) is 0 Å². The van der Waals surface area contributed by atoms with Crippen LogP contribution in [0.15, 0.2) is 5.38 Å². The predicted octanol–water partition coefficient (Wildman–Crippen LogP) is 2.22. The first kappa shape index (κ1) is 13.9. The number of carbonyl (C=O) groups excluding carboxylic acids is 1. The Kier molecular flexibility index (Phi) is 4.47. The third-order valence-corrected chi connectivity index (χ3v) is 2.73. The molecule has 0 aliphatic rings. The summed E-state index contributed by atoms with van der Waals surface area (Å²) in [5.74, 6) is 0. The van der Waals surface area contributed by atoms with E-state index < -0.39 is 11.7 Å². The molecule has 0 bridgehead atoms. The van der Waals surface area contributed by atoms with Gasteiger partial charge in [0.25, 0.3) is 0 Å². The molecule has 1 rings (SSSR count). The molecule has 1 atom stereocenters. The number of ether oxygens (including phenoxy) is 1. The van der Waals surface area contributed by atoms with Crippen molar-refractivity contribution in [3.05, 3.63) is 16.1 Å². The molecular weight excluding hydrogens is 240 g/mol. The first-order valence-corrected chi connectivity index (χ1v) is 6.24. The summed E-state index contributed by atoms with van der Waals surface area (Å²) in [5.41, 5.74) is 0.215. The number of aliphatic hydroxyl groups excluding tert-OH is 1. The zero-order valence-electron chi connectivity index (χ0n) is 10.5. The molecule has 0 radical (unpaired) electrons. The summed E-state index contributed by atoms with van der Waals surface area (Å²) in [6, 6.07) is -0.235. The second-order valence-electron chi connectivity index (χ2n) is 4.69. The van der Waals surface area contributed by atoms with Crippen LogP contribution >= 0.6 is 11.3 Å². The van der Waals surface area contributed by atoms with Gasteiger partial charge in [0.05, 0.1) is 18.3 Å². The number of alkyl carbamates (subject to hydrolysis) is 1. The van der Waals surface area contributed by atoms with Gasteiger partial charge >= 0.3 is 6.09 Å². The van der Waals surface area contributed by atoms with Crippen molar-refractivity contribution in [2.75, 3.05) is 0 Å². The van der Waals surface area contributed by atoms with Crippen LogP contribution in [0.25, 0.3) is 0 Å². The second kappa shape index (κ2) is 5.46. The van der Waals surface area contributed by atoms with Gasteiger partial charge in [0, 0.05) is 5.38 Å². The molecule has 5 nitrogen and oxygen atoms in total. The summed E-state index contributed by atoms with van der Waals surface area (Å²) in [6.07, 6.45) is -0.469. The molecule has 0 saturated carbocycles. The molecular formula is C11H18N2O3S. The first-order valence-electron chi connectivity index (χ1n) is 5.36.